The molecule has 1 rings (SSSR count). The van der Waals surface area contributed by atoms with Gasteiger partial charge < -0.3 is 10.6 Å². The van der Waals surface area contributed by atoms with Crippen molar-refractivity contribution in [3.05, 3.63) is 27.9 Å². The van der Waals surface area contributed by atoms with Crippen molar-refractivity contribution in [3.8, 4) is 6.07 Å². The van der Waals surface area contributed by atoms with Crippen molar-refractivity contribution in [3.63, 3.8) is 0 Å². The van der Waals surface area contributed by atoms with Gasteiger partial charge in [-0.15, -0.1) is 0 Å². The van der Waals surface area contributed by atoms with E-state index in [4.69, 9.17) is 11.0 Å². The molecule has 0 saturated carbocycles. The Kier molecular flexibility index (Phi) is 4.37. The Hall–Kier alpha value is -2.20. The number of hydrogen-bond acceptors (Lipinski definition) is 6. The van der Waals surface area contributed by atoms with E-state index >= 15 is 0 Å². The molecule has 0 aliphatic carbocycles. The molecular formula is C10H13N5O2. The highest BCUT2D eigenvalue weighted by Gasteiger charge is 2.24. The summed E-state index contributed by atoms with van der Waals surface area (Å²) in [7, 11) is 0. The van der Waals surface area contributed by atoms with Crippen molar-refractivity contribution in [2.45, 2.75) is 6.92 Å². The first kappa shape index (κ1) is 12.9. The summed E-state index contributed by atoms with van der Waals surface area (Å²) in [5.74, 6) is 0.196. The molecule has 0 aliphatic heterocycles. The monoisotopic (exact) mass is 235 g/mol. The van der Waals surface area contributed by atoms with Gasteiger partial charge in [-0.1, -0.05) is 0 Å². The van der Waals surface area contributed by atoms with Gasteiger partial charge in [-0.3, -0.25) is 10.1 Å². The summed E-state index contributed by atoms with van der Waals surface area (Å²) >= 11 is 0. The Morgan fingerprint density at radius 3 is 2.88 bits per heavy atom. The molecule has 0 unspecified atom stereocenters. The predicted molar refractivity (Wildman–Crippen MR) is 62.5 cm³/mol. The van der Waals surface area contributed by atoms with Crippen LogP contribution in [0.2, 0.25) is 0 Å². The van der Waals surface area contributed by atoms with Crippen LogP contribution >= 0.6 is 0 Å². The van der Waals surface area contributed by atoms with Crippen molar-refractivity contribution < 1.29 is 4.92 Å². The van der Waals surface area contributed by atoms with Crippen LogP contribution in [0.5, 0.6) is 0 Å². The van der Waals surface area contributed by atoms with E-state index in [2.05, 4.69) is 4.98 Å². The Labute approximate surface area is 98.6 Å². The van der Waals surface area contributed by atoms with E-state index in [1.165, 1.54) is 12.3 Å². The van der Waals surface area contributed by atoms with Gasteiger partial charge >= 0.3 is 5.69 Å². The summed E-state index contributed by atoms with van der Waals surface area (Å²) in [5.41, 5.74) is 5.19. The van der Waals surface area contributed by atoms with Gasteiger partial charge in [0.05, 0.1) is 4.92 Å². The number of anilines is 1. The number of hydrogen-bond donors (Lipinski definition) is 1. The lowest BCUT2D eigenvalue weighted by atomic mass is 10.2. The normalized spacial score (nSPS) is 9.71. The number of likely N-dealkylation sites (N-methyl/N-ethyl adjacent to an activating group) is 1. The van der Waals surface area contributed by atoms with E-state index in [1.54, 1.807) is 11.0 Å². The largest absolute Gasteiger partial charge is 0.350 e. The number of rotatable bonds is 5. The summed E-state index contributed by atoms with van der Waals surface area (Å²) in [4.78, 5) is 16.1. The average Bonchev–Trinajstić information content (AvgIpc) is 2.34. The Morgan fingerprint density at radius 2 is 2.41 bits per heavy atom. The number of nitrogens with zero attached hydrogens (tertiary/aromatic N) is 4. The second-order valence-electron chi connectivity index (χ2n) is 3.27. The summed E-state index contributed by atoms with van der Waals surface area (Å²) in [6.07, 6.45) is 1.39. The van der Waals surface area contributed by atoms with Crippen molar-refractivity contribution in [1.29, 1.82) is 5.26 Å². The van der Waals surface area contributed by atoms with E-state index in [-0.39, 0.29) is 17.1 Å². The summed E-state index contributed by atoms with van der Waals surface area (Å²) < 4.78 is 0. The molecule has 1 aromatic rings. The average molecular weight is 235 g/mol. The highest BCUT2D eigenvalue weighted by atomic mass is 16.6. The van der Waals surface area contributed by atoms with Crippen LogP contribution in [-0.2, 0) is 0 Å². The number of aromatic nitrogens is 1. The van der Waals surface area contributed by atoms with E-state index in [0.717, 1.165) is 0 Å². The van der Waals surface area contributed by atoms with E-state index in [1.807, 2.05) is 6.92 Å². The Morgan fingerprint density at radius 1 is 1.71 bits per heavy atom. The molecule has 0 aromatic carbocycles. The first-order chi connectivity index (χ1) is 8.15. The maximum absolute atomic E-state index is 11.0. The molecule has 0 atom stereocenters. The fraction of sp³-hybridized carbons (Fsp3) is 0.400. The highest BCUT2D eigenvalue weighted by Crippen LogP contribution is 2.28. The molecule has 0 saturated heterocycles. The second kappa shape index (κ2) is 5.77. The molecule has 7 heteroatoms. The van der Waals surface area contributed by atoms with Crippen LogP contribution < -0.4 is 10.6 Å². The Balaban J connectivity index is 3.32. The molecular weight excluding hydrogens is 222 g/mol. The molecule has 1 heterocycles. The smallest absolute Gasteiger partial charge is 0.329 e. The molecule has 0 amide bonds. The fourth-order valence-corrected chi connectivity index (χ4v) is 1.51. The van der Waals surface area contributed by atoms with Crippen molar-refractivity contribution >= 4 is 11.5 Å². The quantitative estimate of drug-likeness (QED) is 0.592. The zero-order valence-electron chi connectivity index (χ0n) is 9.46. The molecule has 90 valence electrons. The predicted octanol–water partition coefficient (Wildman–Crippen LogP) is 0.646. The minimum atomic E-state index is -0.583. The molecule has 2 N–H and O–H groups in total. The maximum Gasteiger partial charge on any atom is 0.329 e. The molecule has 0 spiro atoms. The third-order valence-corrected chi connectivity index (χ3v) is 2.29. The van der Waals surface area contributed by atoms with Crippen molar-refractivity contribution in [2.24, 2.45) is 5.73 Å². The number of nitro groups is 1. The fourth-order valence-electron chi connectivity index (χ4n) is 1.51. The lowest BCUT2D eigenvalue weighted by molar-refractivity contribution is -0.384. The van der Waals surface area contributed by atoms with Gasteiger partial charge in [0.1, 0.15) is 11.6 Å². The van der Waals surface area contributed by atoms with Crippen molar-refractivity contribution in [2.75, 3.05) is 24.5 Å². The first-order valence-electron chi connectivity index (χ1n) is 5.14. The topological polar surface area (TPSA) is 109 Å². The standard InChI is InChI=1S/C10H13N5O2/c1-2-14(6-4-11)10-9(15(16)17)8(7-12)3-5-13-10/h3,5H,2,4,6,11H2,1H3. The van der Waals surface area contributed by atoms with Crippen LogP contribution in [0, 0.1) is 21.4 Å². The van der Waals surface area contributed by atoms with Crippen LogP contribution in [-0.4, -0.2) is 29.5 Å². The molecule has 0 radical (unpaired) electrons. The van der Waals surface area contributed by atoms with Crippen molar-refractivity contribution in [1.82, 2.24) is 4.98 Å². The number of nitrogens with two attached hydrogens (primary N) is 1. The minimum absolute atomic E-state index is 0.00970. The maximum atomic E-state index is 11.0. The lowest BCUT2D eigenvalue weighted by Gasteiger charge is -2.20. The SMILES string of the molecule is CCN(CCN)c1nccc(C#N)c1[N+](=O)[O-]. The summed E-state index contributed by atoms with van der Waals surface area (Å²) in [6, 6.07) is 3.13. The van der Waals surface area contributed by atoms with Crippen LogP contribution in [0.1, 0.15) is 12.5 Å². The van der Waals surface area contributed by atoms with Crippen LogP contribution in [0.25, 0.3) is 0 Å². The van der Waals surface area contributed by atoms with Crippen LogP contribution in [0.4, 0.5) is 11.5 Å². The van der Waals surface area contributed by atoms with Crippen LogP contribution in [0.15, 0.2) is 12.3 Å². The third kappa shape index (κ3) is 2.68. The van der Waals surface area contributed by atoms with Crippen LogP contribution in [0.3, 0.4) is 0 Å². The molecule has 7 nitrogen and oxygen atoms in total. The van der Waals surface area contributed by atoms with Gasteiger partial charge in [0.2, 0.25) is 5.82 Å². The summed E-state index contributed by atoms with van der Waals surface area (Å²) in [6.45, 7) is 3.21. The van der Waals surface area contributed by atoms with Gasteiger partial charge in [-0.05, 0) is 13.0 Å². The number of nitriles is 1. The molecule has 0 fully saturated rings. The van der Waals surface area contributed by atoms with Gasteiger partial charge in [0, 0.05) is 25.8 Å². The minimum Gasteiger partial charge on any atom is -0.350 e. The van der Waals surface area contributed by atoms with Gasteiger partial charge in [-0.25, -0.2) is 4.98 Å². The highest BCUT2D eigenvalue weighted by molar-refractivity contribution is 5.65. The first-order valence-corrected chi connectivity index (χ1v) is 5.14. The second-order valence-corrected chi connectivity index (χ2v) is 3.27. The van der Waals surface area contributed by atoms with Gasteiger partial charge in [0.15, 0.2) is 0 Å². The van der Waals surface area contributed by atoms with E-state index in [9.17, 15) is 10.1 Å². The van der Waals surface area contributed by atoms with Gasteiger partial charge in [0.25, 0.3) is 0 Å². The van der Waals surface area contributed by atoms with Gasteiger partial charge in [-0.2, -0.15) is 5.26 Å². The Bertz CT molecular complexity index is 454. The van der Waals surface area contributed by atoms with E-state index < -0.39 is 4.92 Å². The molecule has 17 heavy (non-hydrogen) atoms. The molecule has 1 aromatic heterocycles. The lowest BCUT2D eigenvalue weighted by Crippen LogP contribution is -2.30. The molecule has 0 bridgehead atoms. The third-order valence-electron chi connectivity index (χ3n) is 2.29. The zero-order valence-corrected chi connectivity index (χ0v) is 9.46. The summed E-state index contributed by atoms with van der Waals surface area (Å²) in [5, 5.41) is 19.8. The molecule has 0 aliphatic rings. The number of pyridine rings is 1. The van der Waals surface area contributed by atoms with E-state index in [0.29, 0.717) is 19.6 Å². The zero-order chi connectivity index (χ0) is 12.8.